The van der Waals surface area contributed by atoms with Crippen LogP contribution in [0, 0.1) is 10.1 Å². The summed E-state index contributed by atoms with van der Waals surface area (Å²) in [5, 5.41) is 13.3. The number of hydrogen-bond donors (Lipinski definition) is 1. The Bertz CT molecular complexity index is 743. The Morgan fingerprint density at radius 1 is 1.03 bits per heavy atom. The van der Waals surface area contributed by atoms with E-state index in [4.69, 9.17) is 37.4 Å². The number of hydrogen-bond acceptors (Lipinski definition) is 9. The van der Waals surface area contributed by atoms with Crippen molar-refractivity contribution in [2.45, 2.75) is 30.8 Å². The van der Waals surface area contributed by atoms with Crippen LogP contribution in [-0.4, -0.2) is 53.8 Å². The van der Waals surface area contributed by atoms with Crippen molar-refractivity contribution in [1.82, 2.24) is 5.32 Å². The summed E-state index contributed by atoms with van der Waals surface area (Å²) in [6, 6.07) is 3.80. The highest BCUT2D eigenvalue weighted by atomic mass is 35.5. The highest BCUT2D eigenvalue weighted by Crippen LogP contribution is 2.25. The van der Waals surface area contributed by atoms with Gasteiger partial charge in [0.15, 0.2) is 10.9 Å². The average molecular weight is 467 g/mol. The Morgan fingerprint density at radius 2 is 1.60 bits per heavy atom. The van der Waals surface area contributed by atoms with Gasteiger partial charge in [0.2, 0.25) is 0 Å². The molecule has 0 aromatic heterocycles. The molecule has 0 unspecified atom stereocenters. The quantitative estimate of drug-likeness (QED) is 0.237. The molecule has 1 aromatic rings. The van der Waals surface area contributed by atoms with Gasteiger partial charge in [-0.1, -0.05) is 23.2 Å². The minimum Gasteiger partial charge on any atom is -0.435 e. The number of nitro groups is 1. The standard InChI is InChI=1S/C17H20Cl2N2O9/c1-3-27-16(23)29-9-12(20-15(22)14(18)19)13(30-17(24)28-4-2)10-5-7-11(8-6-10)21(25)26/h5-8,12-14H,3-4,9H2,1-2H3,(H,20,22)/t12-,13-/m1/s1. The van der Waals surface area contributed by atoms with Crippen LogP contribution in [0.2, 0.25) is 0 Å². The zero-order valence-electron chi connectivity index (χ0n) is 16.0. The molecule has 0 aliphatic carbocycles. The van der Waals surface area contributed by atoms with Crippen molar-refractivity contribution >= 4 is 47.1 Å². The van der Waals surface area contributed by atoms with Gasteiger partial charge in [-0.2, -0.15) is 0 Å². The molecule has 11 nitrogen and oxygen atoms in total. The molecule has 166 valence electrons. The van der Waals surface area contributed by atoms with E-state index in [1.165, 1.54) is 24.3 Å². The Labute approximate surface area is 181 Å². The summed E-state index contributed by atoms with van der Waals surface area (Å²) in [7, 11) is 0. The number of nitrogens with one attached hydrogen (secondary N) is 1. The number of alkyl halides is 2. The van der Waals surface area contributed by atoms with Crippen LogP contribution in [0.15, 0.2) is 24.3 Å². The number of carbonyl (C=O) groups excluding carboxylic acids is 3. The van der Waals surface area contributed by atoms with E-state index in [9.17, 15) is 24.5 Å². The smallest absolute Gasteiger partial charge is 0.435 e. The van der Waals surface area contributed by atoms with Crippen LogP contribution in [0.25, 0.3) is 0 Å². The van der Waals surface area contributed by atoms with Gasteiger partial charge < -0.3 is 24.3 Å². The van der Waals surface area contributed by atoms with Crippen LogP contribution in [0.3, 0.4) is 0 Å². The van der Waals surface area contributed by atoms with Gasteiger partial charge in [0, 0.05) is 12.1 Å². The third kappa shape index (κ3) is 8.29. The maximum atomic E-state index is 12.0. The molecule has 0 aliphatic heterocycles. The molecular weight excluding hydrogens is 447 g/mol. The first-order valence-corrected chi connectivity index (χ1v) is 9.52. The maximum absolute atomic E-state index is 12.0. The zero-order chi connectivity index (χ0) is 22.7. The summed E-state index contributed by atoms with van der Waals surface area (Å²) in [4.78, 5) is 44.3. The number of nitrogens with zero attached hydrogens (tertiary/aromatic N) is 1. The molecule has 1 aromatic carbocycles. The Morgan fingerprint density at radius 3 is 2.10 bits per heavy atom. The number of non-ortho nitro benzene ring substituents is 1. The first-order chi connectivity index (χ1) is 14.2. The highest BCUT2D eigenvalue weighted by Gasteiger charge is 2.32. The third-order valence-corrected chi connectivity index (χ3v) is 3.85. The lowest BCUT2D eigenvalue weighted by Crippen LogP contribution is -2.46. The van der Waals surface area contributed by atoms with Crippen molar-refractivity contribution < 1.29 is 38.3 Å². The number of nitro benzene ring substituents is 1. The summed E-state index contributed by atoms with van der Waals surface area (Å²) in [5.74, 6) is -0.852. The molecule has 0 aliphatic rings. The van der Waals surface area contributed by atoms with Crippen molar-refractivity contribution in [2.24, 2.45) is 0 Å². The zero-order valence-corrected chi connectivity index (χ0v) is 17.6. The molecule has 2 atom stereocenters. The number of carbonyl (C=O) groups is 3. The molecule has 30 heavy (non-hydrogen) atoms. The fraction of sp³-hybridized carbons (Fsp3) is 0.471. The number of halogens is 2. The normalized spacial score (nSPS) is 12.4. The Hall–Kier alpha value is -2.79. The monoisotopic (exact) mass is 466 g/mol. The lowest BCUT2D eigenvalue weighted by atomic mass is 10.0. The Balaban J connectivity index is 3.22. The van der Waals surface area contributed by atoms with Crippen LogP contribution in [-0.2, 0) is 23.7 Å². The second kappa shape index (κ2) is 12.7. The van der Waals surface area contributed by atoms with Crippen LogP contribution < -0.4 is 5.32 Å². The van der Waals surface area contributed by atoms with Crippen molar-refractivity contribution in [3.05, 3.63) is 39.9 Å². The summed E-state index contributed by atoms with van der Waals surface area (Å²) in [5.41, 5.74) is 0.0330. The molecule has 1 amide bonds. The molecule has 0 spiro atoms. The predicted molar refractivity (Wildman–Crippen MR) is 104 cm³/mol. The molecule has 0 radical (unpaired) electrons. The van der Waals surface area contributed by atoms with Gasteiger partial charge in [-0.3, -0.25) is 14.9 Å². The lowest BCUT2D eigenvalue weighted by Gasteiger charge is -2.27. The largest absolute Gasteiger partial charge is 0.508 e. The van der Waals surface area contributed by atoms with Crippen molar-refractivity contribution in [3.63, 3.8) is 0 Å². The molecule has 0 saturated heterocycles. The first kappa shape index (κ1) is 25.2. The van der Waals surface area contributed by atoms with Crippen LogP contribution >= 0.6 is 23.2 Å². The van der Waals surface area contributed by atoms with Crippen LogP contribution in [0.4, 0.5) is 15.3 Å². The van der Waals surface area contributed by atoms with Crippen molar-refractivity contribution in [2.75, 3.05) is 19.8 Å². The van der Waals surface area contributed by atoms with E-state index >= 15 is 0 Å². The van der Waals surface area contributed by atoms with Gasteiger partial charge in [-0.25, -0.2) is 9.59 Å². The van der Waals surface area contributed by atoms with E-state index < -0.39 is 46.7 Å². The number of benzene rings is 1. The molecule has 1 N–H and O–H groups in total. The SMILES string of the molecule is CCOC(=O)OC[C@@H](NC(=O)C(Cl)Cl)[C@H](OC(=O)OCC)c1ccc([N+](=O)[O-])cc1. The van der Waals surface area contributed by atoms with Gasteiger partial charge in [0.1, 0.15) is 12.6 Å². The van der Waals surface area contributed by atoms with E-state index in [1.807, 2.05) is 0 Å². The van der Waals surface area contributed by atoms with Gasteiger partial charge in [0.25, 0.3) is 11.6 Å². The van der Waals surface area contributed by atoms with Crippen LogP contribution in [0.5, 0.6) is 0 Å². The summed E-state index contributed by atoms with van der Waals surface area (Å²) >= 11 is 11.1. The summed E-state index contributed by atoms with van der Waals surface area (Å²) in [6.45, 7) is 2.68. The molecule has 0 fully saturated rings. The molecule has 0 bridgehead atoms. The summed E-state index contributed by atoms with van der Waals surface area (Å²) < 4.78 is 19.6. The predicted octanol–water partition coefficient (Wildman–Crippen LogP) is 3.27. The lowest BCUT2D eigenvalue weighted by molar-refractivity contribution is -0.384. The molecule has 13 heteroatoms. The minimum atomic E-state index is -1.46. The molecule has 0 heterocycles. The second-order valence-corrected chi connectivity index (χ2v) is 6.58. The number of rotatable bonds is 10. The van der Waals surface area contributed by atoms with Gasteiger partial charge in [-0.15, -0.1) is 0 Å². The number of amides is 1. The van der Waals surface area contributed by atoms with Crippen LogP contribution in [0.1, 0.15) is 25.5 Å². The highest BCUT2D eigenvalue weighted by molar-refractivity contribution is 6.53. The second-order valence-electron chi connectivity index (χ2n) is 5.48. The maximum Gasteiger partial charge on any atom is 0.508 e. The molecular formula is C17H20Cl2N2O9. The van der Waals surface area contributed by atoms with E-state index in [1.54, 1.807) is 13.8 Å². The van der Waals surface area contributed by atoms with E-state index in [2.05, 4.69) is 10.1 Å². The van der Waals surface area contributed by atoms with E-state index in [0.29, 0.717) is 0 Å². The van der Waals surface area contributed by atoms with Gasteiger partial charge in [0.05, 0.1) is 18.1 Å². The minimum absolute atomic E-state index is 0.00754. The number of ether oxygens (including phenoxy) is 4. The topological polar surface area (TPSA) is 143 Å². The average Bonchev–Trinajstić information content (AvgIpc) is 2.69. The molecule has 1 rings (SSSR count). The van der Waals surface area contributed by atoms with Gasteiger partial charge >= 0.3 is 12.3 Å². The summed E-state index contributed by atoms with van der Waals surface area (Å²) in [6.07, 6.45) is -3.37. The van der Waals surface area contributed by atoms with Crippen molar-refractivity contribution in [3.8, 4) is 0 Å². The van der Waals surface area contributed by atoms with Gasteiger partial charge in [-0.05, 0) is 31.5 Å². The van der Waals surface area contributed by atoms with Crippen molar-refractivity contribution in [1.29, 1.82) is 0 Å². The fourth-order valence-corrected chi connectivity index (χ4v) is 2.32. The molecule has 0 saturated carbocycles. The van der Waals surface area contributed by atoms with E-state index in [0.717, 1.165) is 0 Å². The first-order valence-electron chi connectivity index (χ1n) is 8.65. The third-order valence-electron chi connectivity index (χ3n) is 3.45. The Kier molecular flexibility index (Phi) is 10.7. The van der Waals surface area contributed by atoms with E-state index in [-0.39, 0.29) is 24.5 Å². The fourth-order valence-electron chi connectivity index (χ4n) is 2.19.